The van der Waals surface area contributed by atoms with Gasteiger partial charge in [-0.2, -0.15) is 0 Å². The third-order valence-electron chi connectivity index (χ3n) is 3.62. The first-order valence-electron chi connectivity index (χ1n) is 6.61. The highest BCUT2D eigenvalue weighted by atomic mass is 32.1. The normalized spacial score (nSPS) is 18.5. The fraction of sp³-hybridized carbons (Fsp3) is 0.692. The standard InChI is InChI=1S/C13H21N3OS/c1-10(11-2-4-14-5-3-11)8-12(17)16-9-13-15-6-7-18-13/h6-7,10-11,14H,2-5,8-9H2,1H3,(H,16,17). The largest absolute Gasteiger partial charge is 0.350 e. The summed E-state index contributed by atoms with van der Waals surface area (Å²) in [7, 11) is 0. The summed E-state index contributed by atoms with van der Waals surface area (Å²) in [6.07, 6.45) is 4.79. The van der Waals surface area contributed by atoms with Crippen molar-refractivity contribution in [2.75, 3.05) is 13.1 Å². The number of piperidine rings is 1. The van der Waals surface area contributed by atoms with Crippen molar-refractivity contribution in [2.45, 2.75) is 32.7 Å². The van der Waals surface area contributed by atoms with Crippen LogP contribution < -0.4 is 10.6 Å². The molecule has 1 amide bonds. The number of hydrogen-bond donors (Lipinski definition) is 2. The second-order valence-corrected chi connectivity index (χ2v) is 5.95. The molecule has 0 bridgehead atoms. The molecule has 1 atom stereocenters. The molecule has 100 valence electrons. The molecular formula is C13H21N3OS. The van der Waals surface area contributed by atoms with E-state index in [4.69, 9.17) is 0 Å². The molecule has 18 heavy (non-hydrogen) atoms. The van der Waals surface area contributed by atoms with Crippen molar-refractivity contribution in [3.63, 3.8) is 0 Å². The van der Waals surface area contributed by atoms with Crippen LogP contribution in [-0.2, 0) is 11.3 Å². The maximum atomic E-state index is 11.8. The Hall–Kier alpha value is -0.940. The highest BCUT2D eigenvalue weighted by Gasteiger charge is 2.21. The first-order chi connectivity index (χ1) is 8.75. The van der Waals surface area contributed by atoms with Gasteiger partial charge in [0.1, 0.15) is 5.01 Å². The lowest BCUT2D eigenvalue weighted by atomic mass is 9.84. The highest BCUT2D eigenvalue weighted by Crippen LogP contribution is 2.24. The maximum Gasteiger partial charge on any atom is 0.220 e. The average molecular weight is 267 g/mol. The van der Waals surface area contributed by atoms with Crippen LogP contribution in [0.1, 0.15) is 31.2 Å². The van der Waals surface area contributed by atoms with Gasteiger partial charge in [0, 0.05) is 18.0 Å². The lowest BCUT2D eigenvalue weighted by Crippen LogP contribution is -2.33. The number of hydrogen-bond acceptors (Lipinski definition) is 4. The first kappa shape index (κ1) is 13.5. The zero-order valence-corrected chi connectivity index (χ0v) is 11.6. The molecule has 0 saturated carbocycles. The van der Waals surface area contributed by atoms with Gasteiger partial charge < -0.3 is 10.6 Å². The van der Waals surface area contributed by atoms with Crippen molar-refractivity contribution in [2.24, 2.45) is 11.8 Å². The average Bonchev–Trinajstić information content (AvgIpc) is 2.90. The van der Waals surface area contributed by atoms with Crippen molar-refractivity contribution in [3.8, 4) is 0 Å². The molecule has 2 N–H and O–H groups in total. The molecule has 0 aromatic carbocycles. The van der Waals surface area contributed by atoms with Crippen LogP contribution in [0.2, 0.25) is 0 Å². The van der Waals surface area contributed by atoms with Crippen LogP contribution in [0.5, 0.6) is 0 Å². The van der Waals surface area contributed by atoms with Crippen molar-refractivity contribution in [3.05, 3.63) is 16.6 Å². The van der Waals surface area contributed by atoms with Crippen LogP contribution in [0.4, 0.5) is 0 Å². The van der Waals surface area contributed by atoms with E-state index in [-0.39, 0.29) is 5.91 Å². The van der Waals surface area contributed by atoms with Gasteiger partial charge in [0.25, 0.3) is 0 Å². The van der Waals surface area contributed by atoms with Gasteiger partial charge in [0.2, 0.25) is 5.91 Å². The summed E-state index contributed by atoms with van der Waals surface area (Å²) in [4.78, 5) is 16.0. The Balaban J connectivity index is 1.69. The van der Waals surface area contributed by atoms with Crippen LogP contribution in [0, 0.1) is 11.8 Å². The quantitative estimate of drug-likeness (QED) is 0.855. The number of rotatable bonds is 5. The molecule has 1 aromatic heterocycles. The Morgan fingerprint density at radius 1 is 1.61 bits per heavy atom. The minimum absolute atomic E-state index is 0.149. The lowest BCUT2D eigenvalue weighted by molar-refractivity contribution is -0.122. The Morgan fingerprint density at radius 2 is 2.39 bits per heavy atom. The Kier molecular flexibility index (Phi) is 5.13. The molecule has 2 heterocycles. The third kappa shape index (κ3) is 4.07. The summed E-state index contributed by atoms with van der Waals surface area (Å²) in [5.41, 5.74) is 0. The van der Waals surface area contributed by atoms with E-state index in [1.54, 1.807) is 17.5 Å². The van der Waals surface area contributed by atoms with E-state index in [2.05, 4.69) is 22.5 Å². The molecule has 0 aliphatic carbocycles. The lowest BCUT2D eigenvalue weighted by Gasteiger charge is -2.27. The SMILES string of the molecule is CC(CC(=O)NCc1nccs1)C1CCNCC1. The van der Waals surface area contributed by atoms with Crippen molar-refractivity contribution in [1.29, 1.82) is 0 Å². The molecule has 0 radical (unpaired) electrons. The molecule has 2 rings (SSSR count). The molecule has 5 heteroatoms. The van der Waals surface area contributed by atoms with E-state index in [0.29, 0.717) is 24.8 Å². The van der Waals surface area contributed by atoms with Crippen LogP contribution >= 0.6 is 11.3 Å². The van der Waals surface area contributed by atoms with E-state index in [0.717, 1.165) is 18.1 Å². The number of carbonyl (C=O) groups is 1. The highest BCUT2D eigenvalue weighted by molar-refractivity contribution is 7.09. The summed E-state index contributed by atoms with van der Waals surface area (Å²) in [5.74, 6) is 1.32. The molecule has 0 spiro atoms. The van der Waals surface area contributed by atoms with Gasteiger partial charge in [-0.25, -0.2) is 4.98 Å². The second-order valence-electron chi connectivity index (χ2n) is 4.97. The third-order valence-corrected chi connectivity index (χ3v) is 4.40. The predicted molar refractivity (Wildman–Crippen MR) is 73.3 cm³/mol. The van der Waals surface area contributed by atoms with Crippen LogP contribution in [-0.4, -0.2) is 24.0 Å². The molecule has 4 nitrogen and oxygen atoms in total. The fourth-order valence-corrected chi connectivity index (χ4v) is 3.02. The molecule has 1 aromatic rings. The Bertz CT molecular complexity index is 360. The monoisotopic (exact) mass is 267 g/mol. The zero-order chi connectivity index (χ0) is 12.8. The number of nitrogens with one attached hydrogen (secondary N) is 2. The summed E-state index contributed by atoms with van der Waals surface area (Å²) in [6.45, 7) is 4.94. The van der Waals surface area contributed by atoms with Crippen LogP contribution in [0.15, 0.2) is 11.6 Å². The van der Waals surface area contributed by atoms with Crippen molar-refractivity contribution < 1.29 is 4.79 Å². The smallest absolute Gasteiger partial charge is 0.220 e. The number of nitrogens with zero attached hydrogens (tertiary/aromatic N) is 1. The van der Waals surface area contributed by atoms with Gasteiger partial charge in [-0.3, -0.25) is 4.79 Å². The number of thiazole rings is 1. The predicted octanol–water partition coefficient (Wildman–Crippen LogP) is 1.79. The second kappa shape index (κ2) is 6.85. The van der Waals surface area contributed by atoms with Gasteiger partial charge in [-0.1, -0.05) is 6.92 Å². The number of amides is 1. The van der Waals surface area contributed by atoms with Gasteiger partial charge >= 0.3 is 0 Å². The summed E-state index contributed by atoms with van der Waals surface area (Å²) in [5, 5.41) is 9.21. The first-order valence-corrected chi connectivity index (χ1v) is 7.49. The molecule has 1 aliphatic rings. The van der Waals surface area contributed by atoms with E-state index in [9.17, 15) is 4.79 Å². The number of carbonyl (C=O) groups excluding carboxylic acids is 1. The van der Waals surface area contributed by atoms with Crippen LogP contribution in [0.25, 0.3) is 0 Å². The summed E-state index contributed by atoms with van der Waals surface area (Å²) < 4.78 is 0. The molecule has 1 aliphatic heterocycles. The Morgan fingerprint density at radius 3 is 3.06 bits per heavy atom. The molecular weight excluding hydrogens is 246 g/mol. The minimum atomic E-state index is 0.149. The zero-order valence-electron chi connectivity index (χ0n) is 10.8. The summed E-state index contributed by atoms with van der Waals surface area (Å²) >= 11 is 1.58. The fourth-order valence-electron chi connectivity index (χ4n) is 2.46. The van der Waals surface area contributed by atoms with E-state index < -0.39 is 0 Å². The van der Waals surface area contributed by atoms with Crippen molar-refractivity contribution >= 4 is 17.2 Å². The van der Waals surface area contributed by atoms with Gasteiger partial charge in [0.15, 0.2) is 0 Å². The van der Waals surface area contributed by atoms with Crippen molar-refractivity contribution in [1.82, 2.24) is 15.6 Å². The maximum absolute atomic E-state index is 11.8. The summed E-state index contributed by atoms with van der Waals surface area (Å²) in [6, 6.07) is 0. The van der Waals surface area contributed by atoms with Crippen LogP contribution in [0.3, 0.4) is 0 Å². The number of aromatic nitrogens is 1. The minimum Gasteiger partial charge on any atom is -0.350 e. The molecule has 1 saturated heterocycles. The van der Waals surface area contributed by atoms with Gasteiger partial charge in [0.05, 0.1) is 6.54 Å². The van der Waals surface area contributed by atoms with Gasteiger partial charge in [-0.15, -0.1) is 11.3 Å². The molecule has 1 unspecified atom stereocenters. The van der Waals surface area contributed by atoms with E-state index >= 15 is 0 Å². The molecule has 1 fully saturated rings. The van der Waals surface area contributed by atoms with E-state index in [1.165, 1.54) is 12.8 Å². The Labute approximate surface area is 112 Å². The van der Waals surface area contributed by atoms with E-state index in [1.807, 2.05) is 5.38 Å². The van der Waals surface area contributed by atoms with Gasteiger partial charge in [-0.05, 0) is 37.8 Å². The topological polar surface area (TPSA) is 54.0 Å².